The van der Waals surface area contributed by atoms with Crippen LogP contribution in [0.5, 0.6) is 0 Å². The highest BCUT2D eigenvalue weighted by Gasteiger charge is 2.13. The van der Waals surface area contributed by atoms with Gasteiger partial charge in [-0.15, -0.1) is 0 Å². The van der Waals surface area contributed by atoms with Crippen LogP contribution in [0.1, 0.15) is 6.42 Å². The van der Waals surface area contributed by atoms with E-state index in [4.69, 9.17) is 5.90 Å². The van der Waals surface area contributed by atoms with Crippen molar-refractivity contribution in [2.75, 3.05) is 6.61 Å². The third-order valence-corrected chi connectivity index (χ3v) is 2.88. The molecule has 0 aliphatic rings. The molecule has 0 aromatic carbocycles. The van der Waals surface area contributed by atoms with E-state index in [2.05, 4.69) is 9.82 Å². The average Bonchev–Trinajstić information content (AvgIpc) is 2.78. The Hall–Kier alpha value is -1.93. The Labute approximate surface area is 102 Å². The molecular weight excluding hydrogens is 238 g/mol. The number of aryl methyl sites for hydroxylation is 2. The number of rotatable bonds is 4. The minimum absolute atomic E-state index is 0.348. The van der Waals surface area contributed by atoms with Crippen LogP contribution in [0.3, 0.4) is 0 Å². The molecule has 2 aromatic rings. The van der Waals surface area contributed by atoms with Crippen molar-refractivity contribution in [3.05, 3.63) is 27.2 Å². The van der Waals surface area contributed by atoms with Gasteiger partial charge in [-0.1, -0.05) is 0 Å². The maximum Gasteiger partial charge on any atom is 0.332 e. The smallest absolute Gasteiger partial charge is 0.325 e. The summed E-state index contributed by atoms with van der Waals surface area (Å²) < 4.78 is 4.13. The lowest BCUT2D eigenvalue weighted by Crippen LogP contribution is -2.37. The van der Waals surface area contributed by atoms with E-state index in [-0.39, 0.29) is 11.2 Å². The van der Waals surface area contributed by atoms with E-state index in [0.29, 0.717) is 30.7 Å². The van der Waals surface area contributed by atoms with Gasteiger partial charge >= 0.3 is 5.69 Å². The molecule has 18 heavy (non-hydrogen) atoms. The minimum Gasteiger partial charge on any atom is -0.325 e. The first-order chi connectivity index (χ1) is 8.57. The molecule has 98 valence electrons. The standard InChI is InChI=1S/C10H15N5O3/c1-13-8-7(9(16)14(2)10(13)17)15(6-12-8)4-3-5-18-11/h6H,3-5,11H2,1-2H3. The highest BCUT2D eigenvalue weighted by Crippen LogP contribution is 2.05. The monoisotopic (exact) mass is 253 g/mol. The van der Waals surface area contributed by atoms with Crippen molar-refractivity contribution in [2.24, 2.45) is 20.0 Å². The highest BCUT2D eigenvalue weighted by atomic mass is 16.6. The summed E-state index contributed by atoms with van der Waals surface area (Å²) in [5.41, 5.74) is 0.0655. The zero-order valence-electron chi connectivity index (χ0n) is 10.3. The molecule has 2 N–H and O–H groups in total. The van der Waals surface area contributed by atoms with Crippen molar-refractivity contribution in [1.29, 1.82) is 0 Å². The molecule has 0 aliphatic heterocycles. The van der Waals surface area contributed by atoms with Crippen LogP contribution in [0.25, 0.3) is 11.2 Å². The molecule has 0 amide bonds. The van der Waals surface area contributed by atoms with Crippen LogP contribution in [-0.2, 0) is 25.5 Å². The fourth-order valence-electron chi connectivity index (χ4n) is 1.88. The van der Waals surface area contributed by atoms with Crippen molar-refractivity contribution in [3.63, 3.8) is 0 Å². The Morgan fingerprint density at radius 2 is 2.06 bits per heavy atom. The van der Waals surface area contributed by atoms with E-state index in [0.717, 1.165) is 4.57 Å². The summed E-state index contributed by atoms with van der Waals surface area (Å²) in [6.07, 6.45) is 2.20. The van der Waals surface area contributed by atoms with Gasteiger partial charge < -0.3 is 9.40 Å². The van der Waals surface area contributed by atoms with Crippen molar-refractivity contribution >= 4 is 11.2 Å². The predicted molar refractivity (Wildman–Crippen MR) is 65.0 cm³/mol. The summed E-state index contributed by atoms with van der Waals surface area (Å²) in [6.45, 7) is 0.951. The summed E-state index contributed by atoms with van der Waals surface area (Å²) in [5, 5.41) is 0. The molecule has 0 saturated heterocycles. The Morgan fingerprint density at radius 1 is 1.33 bits per heavy atom. The molecule has 8 nitrogen and oxygen atoms in total. The van der Waals surface area contributed by atoms with Crippen molar-refractivity contribution < 1.29 is 4.84 Å². The Balaban J connectivity index is 2.59. The van der Waals surface area contributed by atoms with E-state index in [1.807, 2.05) is 0 Å². The van der Waals surface area contributed by atoms with Crippen molar-refractivity contribution in [1.82, 2.24) is 18.7 Å². The van der Waals surface area contributed by atoms with E-state index < -0.39 is 0 Å². The zero-order valence-corrected chi connectivity index (χ0v) is 10.3. The second-order valence-corrected chi connectivity index (χ2v) is 4.04. The largest absolute Gasteiger partial charge is 0.332 e. The van der Waals surface area contributed by atoms with Gasteiger partial charge in [0.25, 0.3) is 5.56 Å². The number of aromatic nitrogens is 4. The first kappa shape index (κ1) is 12.5. The predicted octanol–water partition coefficient (Wildman–Crippen LogP) is -1.29. The molecule has 0 atom stereocenters. The summed E-state index contributed by atoms with van der Waals surface area (Å²) >= 11 is 0. The SMILES string of the molecule is Cn1c(=O)c2c(ncn2CCCON)n(C)c1=O. The molecular formula is C10H15N5O3. The minimum atomic E-state index is -0.386. The second kappa shape index (κ2) is 4.75. The fraction of sp³-hybridized carbons (Fsp3) is 0.500. The number of hydrogen-bond donors (Lipinski definition) is 1. The van der Waals surface area contributed by atoms with Crippen LogP contribution in [0.2, 0.25) is 0 Å². The lowest BCUT2D eigenvalue weighted by atomic mass is 10.4. The van der Waals surface area contributed by atoms with Gasteiger partial charge in [0, 0.05) is 20.6 Å². The molecule has 0 saturated carbocycles. The molecule has 0 fully saturated rings. The molecule has 0 bridgehead atoms. The first-order valence-electron chi connectivity index (χ1n) is 5.50. The van der Waals surface area contributed by atoms with E-state index in [9.17, 15) is 9.59 Å². The van der Waals surface area contributed by atoms with Crippen LogP contribution in [0.4, 0.5) is 0 Å². The van der Waals surface area contributed by atoms with Crippen molar-refractivity contribution in [3.8, 4) is 0 Å². The lowest BCUT2D eigenvalue weighted by molar-refractivity contribution is 0.132. The van der Waals surface area contributed by atoms with Gasteiger partial charge in [0.2, 0.25) is 0 Å². The van der Waals surface area contributed by atoms with Gasteiger partial charge in [-0.05, 0) is 6.42 Å². The van der Waals surface area contributed by atoms with Crippen LogP contribution in [0, 0.1) is 0 Å². The lowest BCUT2D eigenvalue weighted by Gasteiger charge is -2.06. The number of nitrogens with two attached hydrogens (primary N) is 1. The normalized spacial score (nSPS) is 11.3. The van der Waals surface area contributed by atoms with Crippen LogP contribution in [-0.4, -0.2) is 25.3 Å². The molecule has 2 heterocycles. The zero-order chi connectivity index (χ0) is 13.3. The van der Waals surface area contributed by atoms with Crippen LogP contribution < -0.4 is 17.1 Å². The van der Waals surface area contributed by atoms with Gasteiger partial charge in [-0.3, -0.25) is 13.9 Å². The van der Waals surface area contributed by atoms with Gasteiger partial charge in [0.05, 0.1) is 12.9 Å². The van der Waals surface area contributed by atoms with E-state index in [1.165, 1.54) is 11.6 Å². The molecule has 0 aliphatic carbocycles. The summed E-state index contributed by atoms with van der Waals surface area (Å²) in [7, 11) is 3.04. The summed E-state index contributed by atoms with van der Waals surface area (Å²) in [5.74, 6) is 4.94. The maximum atomic E-state index is 12.0. The highest BCUT2D eigenvalue weighted by molar-refractivity contribution is 5.69. The average molecular weight is 253 g/mol. The topological polar surface area (TPSA) is 97.1 Å². The third kappa shape index (κ3) is 1.85. The molecule has 2 aromatic heterocycles. The van der Waals surface area contributed by atoms with Gasteiger partial charge in [-0.2, -0.15) is 0 Å². The number of hydrogen-bond acceptors (Lipinski definition) is 5. The van der Waals surface area contributed by atoms with E-state index >= 15 is 0 Å². The molecule has 2 rings (SSSR count). The van der Waals surface area contributed by atoms with E-state index in [1.54, 1.807) is 17.9 Å². The van der Waals surface area contributed by atoms with Gasteiger partial charge in [0.15, 0.2) is 11.2 Å². The van der Waals surface area contributed by atoms with Crippen LogP contribution >= 0.6 is 0 Å². The number of imidazole rings is 1. The van der Waals surface area contributed by atoms with Crippen LogP contribution in [0.15, 0.2) is 15.9 Å². The Kier molecular flexibility index (Phi) is 3.30. The summed E-state index contributed by atoms with van der Waals surface area (Å²) in [6, 6.07) is 0. The number of nitrogens with zero attached hydrogens (tertiary/aromatic N) is 4. The fourth-order valence-corrected chi connectivity index (χ4v) is 1.88. The second-order valence-electron chi connectivity index (χ2n) is 4.04. The maximum absolute atomic E-state index is 12.0. The van der Waals surface area contributed by atoms with Gasteiger partial charge in [-0.25, -0.2) is 15.7 Å². The number of fused-ring (bicyclic) bond motifs is 1. The first-order valence-corrected chi connectivity index (χ1v) is 5.50. The molecule has 8 heteroatoms. The van der Waals surface area contributed by atoms with Gasteiger partial charge in [0.1, 0.15) is 0 Å². The molecule has 0 radical (unpaired) electrons. The Bertz CT molecular complexity index is 681. The molecule has 0 spiro atoms. The Morgan fingerprint density at radius 3 is 2.72 bits per heavy atom. The quantitative estimate of drug-likeness (QED) is 0.540. The third-order valence-electron chi connectivity index (χ3n) is 2.88. The van der Waals surface area contributed by atoms with Crippen molar-refractivity contribution in [2.45, 2.75) is 13.0 Å². The molecule has 0 unspecified atom stereocenters. The summed E-state index contributed by atoms with van der Waals surface area (Å²) in [4.78, 5) is 32.3.